The van der Waals surface area contributed by atoms with E-state index < -0.39 is 0 Å². The maximum Gasteiger partial charge on any atom is 0.217 e. The number of pyridine rings is 1. The Kier molecular flexibility index (Phi) is 4.90. The maximum atomic E-state index is 5.69. The zero-order chi connectivity index (χ0) is 13.7. The molecule has 4 nitrogen and oxygen atoms in total. The maximum absolute atomic E-state index is 5.69. The highest BCUT2D eigenvalue weighted by atomic mass is 32.1. The highest BCUT2D eigenvalue weighted by Gasteiger charge is 2.16. The third-order valence-electron chi connectivity index (χ3n) is 3.04. The van der Waals surface area contributed by atoms with E-state index in [9.17, 15) is 0 Å². The van der Waals surface area contributed by atoms with Crippen LogP contribution in [0.4, 0.5) is 0 Å². The van der Waals surface area contributed by atoms with Gasteiger partial charge in [0.15, 0.2) is 0 Å². The lowest BCUT2D eigenvalue weighted by Gasteiger charge is -2.17. The molecule has 0 aliphatic rings. The lowest BCUT2D eigenvalue weighted by molar-refractivity contribution is 0.382. The van der Waals surface area contributed by atoms with E-state index >= 15 is 0 Å². The molecule has 0 spiro atoms. The first-order valence-electron chi connectivity index (χ1n) is 6.31. The molecule has 1 unspecified atom stereocenters. The Hall–Kier alpha value is -1.43. The van der Waals surface area contributed by atoms with Crippen molar-refractivity contribution >= 4 is 11.3 Å². The van der Waals surface area contributed by atoms with Gasteiger partial charge in [0.1, 0.15) is 0 Å². The molecule has 1 atom stereocenters. The Balaban J connectivity index is 2.19. The Morgan fingerprint density at radius 1 is 1.37 bits per heavy atom. The number of ether oxygens (including phenoxy) is 1. The predicted octanol–water partition coefficient (Wildman–Crippen LogP) is 2.46. The first-order chi connectivity index (χ1) is 9.28. The summed E-state index contributed by atoms with van der Waals surface area (Å²) in [6, 6.07) is 8.23. The van der Waals surface area contributed by atoms with E-state index in [0.29, 0.717) is 5.88 Å². The monoisotopic (exact) mass is 277 g/mol. The van der Waals surface area contributed by atoms with Gasteiger partial charge < -0.3 is 4.74 Å². The number of hydrazine groups is 1. The standard InChI is InChI=1S/C14H19N3OS/c1-3-10-6-7-11(19-10)9-13(17-15)12-5-4-8-16-14(12)18-2/h4-8,13,17H,3,9,15H2,1-2H3. The fourth-order valence-electron chi connectivity index (χ4n) is 2.02. The van der Waals surface area contributed by atoms with Crippen molar-refractivity contribution < 1.29 is 4.74 Å². The van der Waals surface area contributed by atoms with Crippen LogP contribution in [-0.2, 0) is 12.8 Å². The average Bonchev–Trinajstić information content (AvgIpc) is 2.92. The molecule has 3 N–H and O–H groups in total. The lowest BCUT2D eigenvalue weighted by Crippen LogP contribution is -2.29. The van der Waals surface area contributed by atoms with E-state index in [2.05, 4.69) is 29.5 Å². The number of methoxy groups -OCH3 is 1. The smallest absolute Gasteiger partial charge is 0.217 e. The van der Waals surface area contributed by atoms with E-state index in [1.807, 2.05) is 23.5 Å². The molecule has 0 saturated heterocycles. The van der Waals surface area contributed by atoms with Gasteiger partial charge in [0.05, 0.1) is 13.2 Å². The zero-order valence-electron chi connectivity index (χ0n) is 11.2. The second-order valence-corrected chi connectivity index (χ2v) is 5.50. The number of nitrogens with zero attached hydrogens (tertiary/aromatic N) is 1. The number of hydrogen-bond acceptors (Lipinski definition) is 5. The minimum atomic E-state index is 0.00649. The van der Waals surface area contributed by atoms with Crippen LogP contribution in [-0.4, -0.2) is 12.1 Å². The summed E-state index contributed by atoms with van der Waals surface area (Å²) in [5, 5.41) is 0. The number of hydrogen-bond donors (Lipinski definition) is 2. The van der Waals surface area contributed by atoms with Gasteiger partial charge in [-0.05, 0) is 24.6 Å². The first kappa shape index (κ1) is 14.0. The van der Waals surface area contributed by atoms with Crippen LogP contribution in [0.1, 0.15) is 28.3 Å². The molecule has 2 heterocycles. The van der Waals surface area contributed by atoms with Gasteiger partial charge in [0, 0.05) is 27.9 Å². The zero-order valence-corrected chi connectivity index (χ0v) is 12.0. The molecular formula is C14H19N3OS. The summed E-state index contributed by atoms with van der Waals surface area (Å²) in [6.07, 6.45) is 3.63. The second-order valence-electron chi connectivity index (χ2n) is 4.25. The quantitative estimate of drug-likeness (QED) is 0.629. The molecule has 0 aromatic carbocycles. The number of nitrogens with two attached hydrogens (primary N) is 1. The summed E-state index contributed by atoms with van der Waals surface area (Å²) in [5.74, 6) is 6.31. The molecule has 0 aliphatic heterocycles. The summed E-state index contributed by atoms with van der Waals surface area (Å²) < 4.78 is 5.29. The minimum Gasteiger partial charge on any atom is -0.481 e. The van der Waals surface area contributed by atoms with E-state index in [-0.39, 0.29) is 6.04 Å². The Morgan fingerprint density at radius 3 is 2.79 bits per heavy atom. The lowest BCUT2D eigenvalue weighted by atomic mass is 10.1. The predicted molar refractivity (Wildman–Crippen MR) is 78.3 cm³/mol. The summed E-state index contributed by atoms with van der Waals surface area (Å²) in [7, 11) is 1.62. The fraction of sp³-hybridized carbons (Fsp3) is 0.357. The molecule has 2 aromatic heterocycles. The summed E-state index contributed by atoms with van der Waals surface area (Å²) in [6.45, 7) is 2.17. The van der Waals surface area contributed by atoms with E-state index in [1.54, 1.807) is 13.3 Å². The third-order valence-corrected chi connectivity index (χ3v) is 4.29. The minimum absolute atomic E-state index is 0.00649. The number of thiophene rings is 1. The van der Waals surface area contributed by atoms with Crippen LogP contribution in [0.5, 0.6) is 5.88 Å². The molecule has 2 aromatic rings. The molecule has 0 aliphatic carbocycles. The van der Waals surface area contributed by atoms with Crippen LogP contribution in [0, 0.1) is 0 Å². The van der Waals surface area contributed by atoms with Gasteiger partial charge in [0.2, 0.25) is 5.88 Å². The van der Waals surface area contributed by atoms with Crippen molar-refractivity contribution in [1.29, 1.82) is 0 Å². The van der Waals surface area contributed by atoms with Crippen LogP contribution in [0.25, 0.3) is 0 Å². The molecular weight excluding hydrogens is 258 g/mol. The van der Waals surface area contributed by atoms with Gasteiger partial charge in [0.25, 0.3) is 0 Å². The number of nitrogens with one attached hydrogen (secondary N) is 1. The molecule has 0 radical (unpaired) electrons. The van der Waals surface area contributed by atoms with Crippen molar-refractivity contribution in [3.63, 3.8) is 0 Å². The summed E-state index contributed by atoms with van der Waals surface area (Å²) >= 11 is 1.83. The molecule has 19 heavy (non-hydrogen) atoms. The van der Waals surface area contributed by atoms with Crippen LogP contribution in [0.15, 0.2) is 30.5 Å². The number of rotatable bonds is 6. The molecule has 5 heteroatoms. The number of aryl methyl sites for hydroxylation is 1. The Morgan fingerprint density at radius 2 is 2.16 bits per heavy atom. The van der Waals surface area contributed by atoms with Gasteiger partial charge in [-0.15, -0.1) is 11.3 Å². The van der Waals surface area contributed by atoms with Gasteiger partial charge in [-0.1, -0.05) is 13.0 Å². The highest BCUT2D eigenvalue weighted by molar-refractivity contribution is 7.11. The normalized spacial score (nSPS) is 12.4. The molecule has 2 rings (SSSR count). The van der Waals surface area contributed by atoms with Crippen LogP contribution in [0.2, 0.25) is 0 Å². The second kappa shape index (κ2) is 6.65. The van der Waals surface area contributed by atoms with E-state index in [1.165, 1.54) is 9.75 Å². The van der Waals surface area contributed by atoms with Crippen LogP contribution in [0.3, 0.4) is 0 Å². The van der Waals surface area contributed by atoms with Crippen molar-refractivity contribution in [2.45, 2.75) is 25.8 Å². The van der Waals surface area contributed by atoms with Gasteiger partial charge in [-0.25, -0.2) is 4.98 Å². The van der Waals surface area contributed by atoms with Gasteiger partial charge in [-0.2, -0.15) is 0 Å². The Bertz CT molecular complexity index is 527. The molecule has 0 amide bonds. The first-order valence-corrected chi connectivity index (χ1v) is 7.12. The van der Waals surface area contributed by atoms with Crippen LogP contribution < -0.4 is 16.0 Å². The largest absolute Gasteiger partial charge is 0.481 e. The van der Waals surface area contributed by atoms with Crippen molar-refractivity contribution in [3.8, 4) is 5.88 Å². The molecule has 0 saturated carbocycles. The Labute approximate surface area is 117 Å². The van der Waals surface area contributed by atoms with Crippen LogP contribution >= 0.6 is 11.3 Å². The SMILES string of the molecule is CCc1ccc(CC(NN)c2cccnc2OC)s1. The van der Waals surface area contributed by atoms with Crippen molar-refractivity contribution in [1.82, 2.24) is 10.4 Å². The number of aromatic nitrogens is 1. The molecule has 102 valence electrons. The van der Waals surface area contributed by atoms with Crippen molar-refractivity contribution in [3.05, 3.63) is 45.8 Å². The van der Waals surface area contributed by atoms with E-state index in [0.717, 1.165) is 18.4 Å². The van der Waals surface area contributed by atoms with Crippen molar-refractivity contribution in [2.24, 2.45) is 5.84 Å². The van der Waals surface area contributed by atoms with Gasteiger partial charge >= 0.3 is 0 Å². The molecule has 0 bridgehead atoms. The molecule has 0 fully saturated rings. The average molecular weight is 277 g/mol. The third kappa shape index (κ3) is 3.32. The van der Waals surface area contributed by atoms with Crippen molar-refractivity contribution in [2.75, 3.05) is 7.11 Å². The summed E-state index contributed by atoms with van der Waals surface area (Å²) in [4.78, 5) is 6.92. The summed E-state index contributed by atoms with van der Waals surface area (Å²) in [5.41, 5.74) is 3.84. The highest BCUT2D eigenvalue weighted by Crippen LogP contribution is 2.27. The van der Waals surface area contributed by atoms with Gasteiger partial charge in [-0.3, -0.25) is 11.3 Å². The topological polar surface area (TPSA) is 60.2 Å². The van der Waals surface area contributed by atoms with E-state index in [4.69, 9.17) is 10.6 Å². The fourth-order valence-corrected chi connectivity index (χ4v) is 3.02.